The lowest BCUT2D eigenvalue weighted by atomic mass is 10.1. The highest BCUT2D eigenvalue weighted by atomic mass is 35.5. The van der Waals surface area contributed by atoms with E-state index in [0.29, 0.717) is 17.9 Å². The summed E-state index contributed by atoms with van der Waals surface area (Å²) in [5.41, 5.74) is 1.84. The van der Waals surface area contributed by atoms with Crippen LogP contribution in [0.1, 0.15) is 23.6 Å². The third-order valence-electron chi connectivity index (χ3n) is 3.15. The van der Waals surface area contributed by atoms with Gasteiger partial charge in [0.1, 0.15) is 0 Å². The van der Waals surface area contributed by atoms with Crippen molar-refractivity contribution >= 4 is 17.5 Å². The van der Waals surface area contributed by atoms with Crippen LogP contribution in [0.3, 0.4) is 0 Å². The van der Waals surface area contributed by atoms with Gasteiger partial charge in [0.05, 0.1) is 12.6 Å². The maximum atomic E-state index is 12.0. The number of amides is 1. The van der Waals surface area contributed by atoms with E-state index in [1.165, 1.54) is 0 Å². The van der Waals surface area contributed by atoms with Crippen LogP contribution in [0.2, 0.25) is 5.02 Å². The quantitative estimate of drug-likeness (QED) is 0.862. The van der Waals surface area contributed by atoms with Crippen molar-refractivity contribution < 1.29 is 9.90 Å². The van der Waals surface area contributed by atoms with Gasteiger partial charge in [-0.2, -0.15) is 0 Å². The van der Waals surface area contributed by atoms with Crippen LogP contribution >= 0.6 is 11.6 Å². The van der Waals surface area contributed by atoms with E-state index >= 15 is 0 Å². The van der Waals surface area contributed by atoms with E-state index in [4.69, 9.17) is 11.6 Å². The topological polar surface area (TPSA) is 62.2 Å². The van der Waals surface area contributed by atoms with Gasteiger partial charge in [0.25, 0.3) is 0 Å². The highest BCUT2D eigenvalue weighted by molar-refractivity contribution is 6.30. The molecule has 1 heterocycles. The summed E-state index contributed by atoms with van der Waals surface area (Å²) >= 11 is 5.83. The Morgan fingerprint density at radius 3 is 2.67 bits per heavy atom. The molecule has 1 aromatic heterocycles. The minimum Gasteiger partial charge on any atom is -0.394 e. The lowest BCUT2D eigenvalue weighted by molar-refractivity contribution is -0.122. The van der Waals surface area contributed by atoms with Gasteiger partial charge in [-0.3, -0.25) is 9.78 Å². The number of rotatable bonds is 6. The van der Waals surface area contributed by atoms with Gasteiger partial charge in [0.15, 0.2) is 0 Å². The van der Waals surface area contributed by atoms with Crippen LogP contribution in [0.25, 0.3) is 0 Å². The Hall–Kier alpha value is -1.91. The standard InChI is InChI=1S/C16H17ClN2O2/c17-14-6-4-13(5-7-14)15(11-20)19-16(21)8-3-12-2-1-9-18-10-12/h1-2,4-7,9-10,15,20H,3,8,11H2,(H,19,21). The third kappa shape index (κ3) is 4.85. The van der Waals surface area contributed by atoms with Gasteiger partial charge < -0.3 is 10.4 Å². The minimum atomic E-state index is -0.413. The molecule has 0 radical (unpaired) electrons. The zero-order chi connectivity index (χ0) is 15.1. The normalized spacial score (nSPS) is 11.9. The number of aliphatic hydroxyl groups excluding tert-OH is 1. The number of aryl methyl sites for hydroxylation is 1. The molecule has 1 amide bonds. The smallest absolute Gasteiger partial charge is 0.220 e. The molecular formula is C16H17ClN2O2. The van der Waals surface area contributed by atoms with Crippen molar-refractivity contribution in [3.05, 3.63) is 64.9 Å². The van der Waals surface area contributed by atoms with Crippen molar-refractivity contribution in [3.8, 4) is 0 Å². The summed E-state index contributed by atoms with van der Waals surface area (Å²) in [7, 11) is 0. The number of pyridine rings is 1. The zero-order valence-electron chi connectivity index (χ0n) is 11.5. The Balaban J connectivity index is 1.89. The minimum absolute atomic E-state index is 0.104. The molecule has 1 atom stereocenters. The van der Waals surface area contributed by atoms with Gasteiger partial charge in [-0.1, -0.05) is 29.8 Å². The van der Waals surface area contributed by atoms with E-state index in [0.717, 1.165) is 11.1 Å². The third-order valence-corrected chi connectivity index (χ3v) is 3.41. The van der Waals surface area contributed by atoms with Crippen LogP contribution in [-0.2, 0) is 11.2 Å². The summed E-state index contributed by atoms with van der Waals surface area (Å²) in [5.74, 6) is -0.104. The van der Waals surface area contributed by atoms with Gasteiger partial charge in [-0.25, -0.2) is 0 Å². The van der Waals surface area contributed by atoms with E-state index in [9.17, 15) is 9.90 Å². The average Bonchev–Trinajstić information content (AvgIpc) is 2.52. The summed E-state index contributed by atoms with van der Waals surface area (Å²) in [6.45, 7) is -0.153. The van der Waals surface area contributed by atoms with Crippen LogP contribution < -0.4 is 5.32 Å². The Morgan fingerprint density at radius 2 is 2.05 bits per heavy atom. The van der Waals surface area contributed by atoms with Crippen LogP contribution in [0.4, 0.5) is 0 Å². The average molecular weight is 305 g/mol. The first-order valence-electron chi connectivity index (χ1n) is 6.73. The summed E-state index contributed by atoms with van der Waals surface area (Å²) in [5, 5.41) is 12.9. The largest absolute Gasteiger partial charge is 0.394 e. The number of carbonyl (C=O) groups is 1. The fourth-order valence-corrected chi connectivity index (χ4v) is 2.13. The van der Waals surface area contributed by atoms with Crippen LogP contribution in [0.5, 0.6) is 0 Å². The van der Waals surface area contributed by atoms with Gasteiger partial charge in [0, 0.05) is 23.8 Å². The molecule has 110 valence electrons. The molecule has 1 aromatic carbocycles. The predicted octanol–water partition coefficient (Wildman–Crippen LogP) is 2.52. The first-order valence-corrected chi connectivity index (χ1v) is 7.11. The molecule has 0 fully saturated rings. The van der Waals surface area contributed by atoms with Gasteiger partial charge >= 0.3 is 0 Å². The number of nitrogens with zero attached hydrogens (tertiary/aromatic N) is 1. The molecule has 0 aliphatic heterocycles. The number of halogens is 1. The van der Waals surface area contributed by atoms with E-state index in [2.05, 4.69) is 10.3 Å². The maximum absolute atomic E-state index is 12.0. The molecule has 5 heteroatoms. The van der Waals surface area contributed by atoms with Gasteiger partial charge in [0.2, 0.25) is 5.91 Å². The molecule has 0 saturated heterocycles. The van der Waals surface area contributed by atoms with Crippen molar-refractivity contribution in [2.75, 3.05) is 6.61 Å². The monoisotopic (exact) mass is 304 g/mol. The second-order valence-electron chi connectivity index (χ2n) is 4.72. The second kappa shape index (κ2) is 7.76. The molecule has 2 aromatic rings. The Labute approximate surface area is 128 Å². The van der Waals surface area contributed by atoms with E-state index in [1.54, 1.807) is 36.7 Å². The molecule has 0 spiro atoms. The number of aromatic nitrogens is 1. The second-order valence-corrected chi connectivity index (χ2v) is 5.15. The van der Waals surface area contributed by atoms with Crippen molar-refractivity contribution in [1.82, 2.24) is 10.3 Å². The molecule has 2 N–H and O–H groups in total. The molecule has 2 rings (SSSR count). The highest BCUT2D eigenvalue weighted by Crippen LogP contribution is 2.16. The molecule has 21 heavy (non-hydrogen) atoms. The first kappa shape index (κ1) is 15.5. The van der Waals surface area contributed by atoms with Gasteiger partial charge in [-0.15, -0.1) is 0 Å². The molecule has 0 aliphatic rings. The lowest BCUT2D eigenvalue weighted by Gasteiger charge is -2.16. The summed E-state index contributed by atoms with van der Waals surface area (Å²) in [4.78, 5) is 16.0. The highest BCUT2D eigenvalue weighted by Gasteiger charge is 2.13. The van der Waals surface area contributed by atoms with Crippen molar-refractivity contribution in [2.45, 2.75) is 18.9 Å². The Morgan fingerprint density at radius 1 is 1.29 bits per heavy atom. The summed E-state index contributed by atoms with van der Waals surface area (Å²) in [6, 6.07) is 10.4. The molecule has 1 unspecified atom stereocenters. The Kier molecular flexibility index (Phi) is 5.72. The maximum Gasteiger partial charge on any atom is 0.220 e. The summed E-state index contributed by atoms with van der Waals surface area (Å²) in [6.07, 6.45) is 4.43. The van der Waals surface area contributed by atoms with Gasteiger partial charge in [-0.05, 0) is 35.7 Å². The number of hydrogen-bond donors (Lipinski definition) is 2. The Bertz CT molecular complexity index is 573. The van der Waals surface area contributed by atoms with E-state index < -0.39 is 6.04 Å². The first-order chi connectivity index (χ1) is 10.2. The van der Waals surface area contributed by atoms with Crippen molar-refractivity contribution in [3.63, 3.8) is 0 Å². The van der Waals surface area contributed by atoms with Crippen LogP contribution in [0.15, 0.2) is 48.8 Å². The SMILES string of the molecule is O=C(CCc1cccnc1)NC(CO)c1ccc(Cl)cc1. The van der Waals surface area contributed by atoms with E-state index in [1.807, 2.05) is 12.1 Å². The number of hydrogen-bond acceptors (Lipinski definition) is 3. The van der Waals surface area contributed by atoms with E-state index in [-0.39, 0.29) is 12.5 Å². The number of carbonyl (C=O) groups excluding carboxylic acids is 1. The number of aliphatic hydroxyl groups is 1. The number of nitrogens with one attached hydrogen (secondary N) is 1. The van der Waals surface area contributed by atoms with Crippen LogP contribution in [-0.4, -0.2) is 22.6 Å². The zero-order valence-corrected chi connectivity index (χ0v) is 12.3. The fourth-order valence-electron chi connectivity index (χ4n) is 2.00. The van der Waals surface area contributed by atoms with Crippen LogP contribution in [0, 0.1) is 0 Å². The molecule has 4 nitrogen and oxygen atoms in total. The molecule has 0 bridgehead atoms. The molecule has 0 saturated carbocycles. The molecule has 0 aliphatic carbocycles. The predicted molar refractivity (Wildman–Crippen MR) is 82.0 cm³/mol. The molecular weight excluding hydrogens is 288 g/mol. The summed E-state index contributed by atoms with van der Waals surface area (Å²) < 4.78 is 0. The fraction of sp³-hybridized carbons (Fsp3) is 0.250. The van der Waals surface area contributed by atoms with Crippen molar-refractivity contribution in [1.29, 1.82) is 0 Å². The lowest BCUT2D eigenvalue weighted by Crippen LogP contribution is -2.30. The van der Waals surface area contributed by atoms with Crippen molar-refractivity contribution in [2.24, 2.45) is 0 Å². The number of benzene rings is 1.